The van der Waals surface area contributed by atoms with Crippen LogP contribution in [-0.2, 0) is 0 Å². The molecule has 0 saturated heterocycles. The lowest BCUT2D eigenvalue weighted by atomic mass is 9.82. The molecule has 0 heterocycles. The second-order valence-electron chi connectivity index (χ2n) is 6.21. The molecule has 4 rings (SSSR count). The number of ketones is 2. The summed E-state index contributed by atoms with van der Waals surface area (Å²) in [5.74, 6) is -2.60. The van der Waals surface area contributed by atoms with Gasteiger partial charge in [-0.1, -0.05) is 24.3 Å². The highest BCUT2D eigenvalue weighted by molar-refractivity contribution is 9.10. The van der Waals surface area contributed by atoms with Gasteiger partial charge in [-0.25, -0.2) is 0 Å². The van der Waals surface area contributed by atoms with Crippen LogP contribution < -0.4 is 5.32 Å². The third-order valence-corrected chi connectivity index (χ3v) is 5.18. The molecule has 0 bridgehead atoms. The molecule has 0 saturated carbocycles. The summed E-state index contributed by atoms with van der Waals surface area (Å²) in [4.78, 5) is 38.2. The van der Waals surface area contributed by atoms with Crippen LogP contribution in [0.3, 0.4) is 0 Å². The minimum atomic E-state index is -0.669. The summed E-state index contributed by atoms with van der Waals surface area (Å²) < 4.78 is 0.668. The predicted molar refractivity (Wildman–Crippen MR) is 105 cm³/mol. The van der Waals surface area contributed by atoms with Crippen molar-refractivity contribution in [1.29, 1.82) is 0 Å². The second kappa shape index (κ2) is 6.61. The summed E-state index contributed by atoms with van der Waals surface area (Å²) in [7, 11) is 0. The molecule has 1 amide bonds. The molecule has 6 nitrogen and oxygen atoms in total. The van der Waals surface area contributed by atoms with E-state index in [0.717, 1.165) is 6.07 Å². The van der Waals surface area contributed by atoms with Crippen LogP contribution in [0.15, 0.2) is 59.1 Å². The van der Waals surface area contributed by atoms with Crippen LogP contribution in [-0.4, -0.2) is 27.7 Å². The van der Waals surface area contributed by atoms with E-state index in [0.29, 0.717) is 10.2 Å². The van der Waals surface area contributed by atoms with E-state index in [1.54, 1.807) is 24.3 Å². The van der Waals surface area contributed by atoms with Crippen LogP contribution in [0.4, 0.5) is 5.69 Å². The SMILES string of the molecule is O=C(Nc1ccccc1Br)c1cc(O)c2c(c1)C(=O)c1cccc(O)c1C2=O. The number of rotatable bonds is 2. The standard InChI is InChI=1S/C21H12BrNO5/c22-13-5-1-2-6-14(13)23-21(28)10-8-12-18(16(25)9-10)20(27)17-11(19(12)26)4-3-7-15(17)24/h1-9,24-25H,(H,23,28). The summed E-state index contributed by atoms with van der Waals surface area (Å²) in [5, 5.41) is 23.0. The fraction of sp³-hybridized carbons (Fsp3) is 0. The van der Waals surface area contributed by atoms with Gasteiger partial charge >= 0.3 is 0 Å². The first-order valence-electron chi connectivity index (χ1n) is 8.22. The number of carbonyl (C=O) groups excluding carboxylic acids is 3. The predicted octanol–water partition coefficient (Wildman–Crippen LogP) is 3.89. The highest BCUT2D eigenvalue weighted by Gasteiger charge is 2.35. The molecule has 0 fully saturated rings. The zero-order chi connectivity index (χ0) is 20.0. The maximum atomic E-state index is 12.8. The Kier molecular flexibility index (Phi) is 4.24. The highest BCUT2D eigenvalue weighted by Crippen LogP contribution is 2.37. The summed E-state index contributed by atoms with van der Waals surface area (Å²) >= 11 is 3.33. The fourth-order valence-electron chi connectivity index (χ4n) is 3.17. The van der Waals surface area contributed by atoms with E-state index < -0.39 is 23.2 Å². The highest BCUT2D eigenvalue weighted by atomic mass is 79.9. The van der Waals surface area contributed by atoms with Crippen LogP contribution >= 0.6 is 15.9 Å². The molecule has 1 aliphatic rings. The Bertz CT molecular complexity index is 1190. The van der Waals surface area contributed by atoms with Gasteiger partial charge in [0.15, 0.2) is 5.78 Å². The number of fused-ring (bicyclic) bond motifs is 2. The fourth-order valence-corrected chi connectivity index (χ4v) is 3.55. The normalized spacial score (nSPS) is 12.3. The zero-order valence-electron chi connectivity index (χ0n) is 14.2. The molecule has 0 atom stereocenters. The third-order valence-electron chi connectivity index (χ3n) is 4.49. The van der Waals surface area contributed by atoms with Gasteiger partial charge < -0.3 is 15.5 Å². The van der Waals surface area contributed by atoms with Gasteiger partial charge in [-0.05, 0) is 46.3 Å². The van der Waals surface area contributed by atoms with Crippen molar-refractivity contribution in [2.24, 2.45) is 0 Å². The average molecular weight is 438 g/mol. The Morgan fingerprint density at radius 2 is 1.54 bits per heavy atom. The topological polar surface area (TPSA) is 104 Å². The number of nitrogens with one attached hydrogen (secondary N) is 1. The van der Waals surface area contributed by atoms with Crippen LogP contribution in [0.2, 0.25) is 0 Å². The molecule has 1 aliphatic carbocycles. The molecule has 138 valence electrons. The quantitative estimate of drug-likeness (QED) is 0.441. The monoisotopic (exact) mass is 437 g/mol. The molecular weight excluding hydrogens is 426 g/mol. The van der Waals surface area contributed by atoms with E-state index in [9.17, 15) is 24.6 Å². The zero-order valence-corrected chi connectivity index (χ0v) is 15.8. The number of benzene rings is 3. The van der Waals surface area contributed by atoms with Crippen molar-refractivity contribution in [3.63, 3.8) is 0 Å². The van der Waals surface area contributed by atoms with Crippen molar-refractivity contribution in [3.8, 4) is 11.5 Å². The Hall–Kier alpha value is -3.45. The van der Waals surface area contributed by atoms with E-state index in [-0.39, 0.29) is 33.6 Å². The van der Waals surface area contributed by atoms with Crippen molar-refractivity contribution >= 4 is 39.1 Å². The summed E-state index contributed by atoms with van der Waals surface area (Å²) in [6, 6.07) is 13.6. The minimum absolute atomic E-state index is 0.0248. The van der Waals surface area contributed by atoms with E-state index >= 15 is 0 Å². The first-order chi connectivity index (χ1) is 13.4. The van der Waals surface area contributed by atoms with Gasteiger partial charge in [0.25, 0.3) is 5.91 Å². The maximum absolute atomic E-state index is 12.8. The van der Waals surface area contributed by atoms with Crippen LogP contribution in [0.1, 0.15) is 42.2 Å². The number of para-hydroxylation sites is 1. The molecule has 0 aromatic heterocycles. The molecular formula is C21H12BrNO5. The van der Waals surface area contributed by atoms with Crippen molar-refractivity contribution in [1.82, 2.24) is 0 Å². The molecule has 0 spiro atoms. The number of phenols is 2. The lowest BCUT2D eigenvalue weighted by Crippen LogP contribution is -2.22. The second-order valence-corrected chi connectivity index (χ2v) is 7.06. The number of halogens is 1. The number of anilines is 1. The van der Waals surface area contributed by atoms with E-state index in [2.05, 4.69) is 21.2 Å². The Labute approximate surface area is 167 Å². The summed E-state index contributed by atoms with van der Waals surface area (Å²) in [6.45, 7) is 0. The van der Waals surface area contributed by atoms with Gasteiger partial charge in [-0.15, -0.1) is 0 Å². The maximum Gasteiger partial charge on any atom is 0.255 e. The van der Waals surface area contributed by atoms with E-state index in [4.69, 9.17) is 0 Å². The van der Waals surface area contributed by atoms with Crippen molar-refractivity contribution < 1.29 is 24.6 Å². The molecule has 7 heteroatoms. The number of phenolic OH excluding ortho intramolecular Hbond substituents is 2. The van der Waals surface area contributed by atoms with Crippen LogP contribution in [0.5, 0.6) is 11.5 Å². The lowest BCUT2D eigenvalue weighted by Gasteiger charge is -2.20. The number of hydrogen-bond donors (Lipinski definition) is 3. The van der Waals surface area contributed by atoms with Crippen LogP contribution in [0.25, 0.3) is 0 Å². The van der Waals surface area contributed by atoms with E-state index in [1.807, 2.05) is 0 Å². The van der Waals surface area contributed by atoms with Gasteiger partial charge in [0.05, 0.1) is 16.8 Å². The molecule has 3 N–H and O–H groups in total. The van der Waals surface area contributed by atoms with Crippen molar-refractivity contribution in [2.75, 3.05) is 5.32 Å². The Balaban J connectivity index is 1.79. The largest absolute Gasteiger partial charge is 0.507 e. The van der Waals surface area contributed by atoms with Gasteiger partial charge in [0, 0.05) is 21.2 Å². The average Bonchev–Trinajstić information content (AvgIpc) is 2.67. The molecule has 0 aliphatic heterocycles. The summed E-state index contributed by atoms with van der Waals surface area (Å²) in [5.41, 5.74) is 0.108. The lowest BCUT2D eigenvalue weighted by molar-refractivity contribution is 0.0972. The van der Waals surface area contributed by atoms with Gasteiger partial charge in [0.1, 0.15) is 11.5 Å². The third kappa shape index (κ3) is 2.76. The van der Waals surface area contributed by atoms with Gasteiger partial charge in [0.2, 0.25) is 5.78 Å². The number of hydrogen-bond acceptors (Lipinski definition) is 5. The molecule has 0 unspecified atom stereocenters. The molecule has 28 heavy (non-hydrogen) atoms. The minimum Gasteiger partial charge on any atom is -0.507 e. The smallest absolute Gasteiger partial charge is 0.255 e. The van der Waals surface area contributed by atoms with Gasteiger partial charge in [-0.2, -0.15) is 0 Å². The number of carbonyl (C=O) groups is 3. The van der Waals surface area contributed by atoms with Crippen LogP contribution in [0, 0.1) is 0 Å². The van der Waals surface area contributed by atoms with Gasteiger partial charge in [-0.3, -0.25) is 14.4 Å². The van der Waals surface area contributed by atoms with Crippen molar-refractivity contribution in [3.05, 3.63) is 86.9 Å². The van der Waals surface area contributed by atoms with E-state index in [1.165, 1.54) is 24.3 Å². The van der Waals surface area contributed by atoms with Crippen molar-refractivity contribution in [2.45, 2.75) is 0 Å². The molecule has 3 aromatic rings. The Morgan fingerprint density at radius 3 is 2.29 bits per heavy atom. The number of amides is 1. The molecule has 3 aromatic carbocycles. The molecule has 0 radical (unpaired) electrons. The number of aromatic hydroxyl groups is 2. The summed E-state index contributed by atoms with van der Waals surface area (Å²) in [6.07, 6.45) is 0. The first kappa shape index (κ1) is 17.9. The Morgan fingerprint density at radius 1 is 0.821 bits per heavy atom. The first-order valence-corrected chi connectivity index (χ1v) is 9.02.